The van der Waals surface area contributed by atoms with Gasteiger partial charge in [0, 0.05) is 43.1 Å². The molecule has 8 nitrogen and oxygen atoms in total. The third-order valence-electron chi connectivity index (χ3n) is 6.53. The Kier molecular flexibility index (Phi) is 5.43. The Bertz CT molecular complexity index is 1310. The van der Waals surface area contributed by atoms with E-state index in [2.05, 4.69) is 25.5 Å². The molecule has 8 heteroatoms. The maximum Gasteiger partial charge on any atom is 0.162 e. The number of anilines is 3. The first kappa shape index (κ1) is 20.8. The van der Waals surface area contributed by atoms with Gasteiger partial charge in [0.25, 0.3) is 0 Å². The van der Waals surface area contributed by atoms with Crippen molar-refractivity contribution in [3.63, 3.8) is 0 Å². The summed E-state index contributed by atoms with van der Waals surface area (Å²) in [6.45, 7) is 2.76. The van der Waals surface area contributed by atoms with Crippen LogP contribution < -0.4 is 20.3 Å². The van der Waals surface area contributed by atoms with Gasteiger partial charge in [0.1, 0.15) is 17.4 Å². The molecule has 34 heavy (non-hydrogen) atoms. The highest BCUT2D eigenvalue weighted by molar-refractivity contribution is 5.95. The molecule has 0 radical (unpaired) electrons. The number of methoxy groups -OCH3 is 1. The summed E-state index contributed by atoms with van der Waals surface area (Å²) in [5.74, 6) is 3.76. The van der Waals surface area contributed by atoms with Gasteiger partial charge in [-0.05, 0) is 43.0 Å². The third kappa shape index (κ3) is 4.12. The minimum Gasteiger partial charge on any atom is -0.494 e. The summed E-state index contributed by atoms with van der Waals surface area (Å²) in [4.78, 5) is 21.2. The number of para-hydroxylation sites is 1. The van der Waals surface area contributed by atoms with Gasteiger partial charge >= 0.3 is 0 Å². The number of fused-ring (bicyclic) bond motifs is 1. The molecular formula is C26H27N7O. The summed E-state index contributed by atoms with van der Waals surface area (Å²) >= 11 is 0. The van der Waals surface area contributed by atoms with Crippen LogP contribution in [0.2, 0.25) is 0 Å². The zero-order chi connectivity index (χ0) is 22.9. The minimum atomic E-state index is 0.498. The molecule has 6 rings (SSSR count). The van der Waals surface area contributed by atoms with Crippen LogP contribution in [0, 0.1) is 5.92 Å². The predicted molar refractivity (Wildman–Crippen MR) is 134 cm³/mol. The Balaban J connectivity index is 1.42. The van der Waals surface area contributed by atoms with Crippen LogP contribution in [0.5, 0.6) is 5.75 Å². The predicted octanol–water partition coefficient (Wildman–Crippen LogP) is 4.03. The first-order valence-corrected chi connectivity index (χ1v) is 11.7. The number of ether oxygens (including phenoxy) is 1. The van der Waals surface area contributed by atoms with Crippen LogP contribution in [0.4, 0.5) is 17.3 Å². The standard InChI is InChI=1S/C26H27N7O/c1-34-22-15-27-14-20-24(22)26(33-12-11-28-21(16-33)17-7-8-17)32-25(31-20)18-9-10-29-23(13-18)30-19-5-3-2-4-6-19/h2-6,9-10,13-15,17,21,28H,7-8,11-12,16H2,1H3,(H,29,30)/t21-/m1/s1. The molecule has 4 heterocycles. The molecule has 0 unspecified atom stereocenters. The molecule has 1 saturated heterocycles. The van der Waals surface area contributed by atoms with Crippen LogP contribution in [0.3, 0.4) is 0 Å². The molecule has 172 valence electrons. The Hall–Kier alpha value is -3.78. The Morgan fingerprint density at radius 1 is 1.09 bits per heavy atom. The Morgan fingerprint density at radius 2 is 1.97 bits per heavy atom. The van der Waals surface area contributed by atoms with Crippen LogP contribution >= 0.6 is 0 Å². The Morgan fingerprint density at radius 3 is 2.79 bits per heavy atom. The van der Waals surface area contributed by atoms with Gasteiger partial charge in [-0.1, -0.05) is 18.2 Å². The van der Waals surface area contributed by atoms with E-state index in [1.54, 1.807) is 25.7 Å². The highest BCUT2D eigenvalue weighted by Gasteiger charge is 2.35. The van der Waals surface area contributed by atoms with Crippen molar-refractivity contribution in [3.05, 3.63) is 61.1 Å². The first-order chi connectivity index (χ1) is 16.8. The number of rotatable bonds is 6. The molecule has 2 aliphatic rings. The van der Waals surface area contributed by atoms with Crippen molar-refractivity contribution in [2.45, 2.75) is 18.9 Å². The minimum absolute atomic E-state index is 0.498. The Labute approximate surface area is 198 Å². The van der Waals surface area contributed by atoms with E-state index in [4.69, 9.17) is 14.7 Å². The molecule has 2 fully saturated rings. The fourth-order valence-corrected chi connectivity index (χ4v) is 4.64. The van der Waals surface area contributed by atoms with Gasteiger partial charge in [0.15, 0.2) is 5.82 Å². The van der Waals surface area contributed by atoms with E-state index in [9.17, 15) is 0 Å². The van der Waals surface area contributed by atoms with Gasteiger partial charge in [0.2, 0.25) is 0 Å². The number of aromatic nitrogens is 4. The van der Waals surface area contributed by atoms with Gasteiger partial charge in [-0.2, -0.15) is 0 Å². The molecule has 0 spiro atoms. The maximum atomic E-state index is 5.67. The van der Waals surface area contributed by atoms with Crippen molar-refractivity contribution in [2.24, 2.45) is 5.92 Å². The molecular weight excluding hydrogens is 426 g/mol. The largest absolute Gasteiger partial charge is 0.494 e. The molecule has 0 amide bonds. The van der Waals surface area contributed by atoms with Crippen LogP contribution in [0.25, 0.3) is 22.3 Å². The van der Waals surface area contributed by atoms with Gasteiger partial charge in [-0.3, -0.25) is 4.98 Å². The van der Waals surface area contributed by atoms with E-state index in [1.165, 1.54) is 12.8 Å². The monoisotopic (exact) mass is 453 g/mol. The lowest BCUT2D eigenvalue weighted by molar-refractivity contribution is 0.413. The fraction of sp³-hybridized carbons (Fsp3) is 0.308. The summed E-state index contributed by atoms with van der Waals surface area (Å²) in [5.41, 5.74) is 2.65. The highest BCUT2D eigenvalue weighted by Crippen LogP contribution is 2.37. The van der Waals surface area contributed by atoms with Gasteiger partial charge < -0.3 is 20.3 Å². The summed E-state index contributed by atoms with van der Waals surface area (Å²) in [6, 6.07) is 14.4. The lowest BCUT2D eigenvalue weighted by Crippen LogP contribution is -2.52. The van der Waals surface area contributed by atoms with Crippen molar-refractivity contribution in [1.29, 1.82) is 0 Å². The van der Waals surface area contributed by atoms with Gasteiger partial charge in [-0.15, -0.1) is 0 Å². The van der Waals surface area contributed by atoms with Crippen molar-refractivity contribution in [2.75, 3.05) is 37.0 Å². The smallest absolute Gasteiger partial charge is 0.162 e. The van der Waals surface area contributed by atoms with E-state index >= 15 is 0 Å². The van der Waals surface area contributed by atoms with Crippen molar-refractivity contribution < 1.29 is 4.74 Å². The number of benzene rings is 1. The SMILES string of the molecule is COc1cncc2nc(-c3ccnc(Nc4ccccc4)c3)nc(N3CCN[C@@H](C4CC4)C3)c12. The topological polar surface area (TPSA) is 88.1 Å². The molecule has 1 aliphatic carbocycles. The van der Waals surface area contributed by atoms with E-state index in [0.717, 1.165) is 59.3 Å². The summed E-state index contributed by atoms with van der Waals surface area (Å²) in [7, 11) is 1.67. The van der Waals surface area contributed by atoms with Gasteiger partial charge in [0.05, 0.1) is 30.4 Å². The number of pyridine rings is 2. The average Bonchev–Trinajstić information content (AvgIpc) is 3.74. The molecule has 0 bridgehead atoms. The van der Waals surface area contributed by atoms with Crippen LogP contribution in [0.15, 0.2) is 61.1 Å². The number of nitrogens with zero attached hydrogens (tertiary/aromatic N) is 5. The van der Waals surface area contributed by atoms with Gasteiger partial charge in [-0.25, -0.2) is 15.0 Å². The van der Waals surface area contributed by atoms with Crippen LogP contribution in [-0.4, -0.2) is 52.7 Å². The summed E-state index contributed by atoms with van der Waals surface area (Å²) in [6.07, 6.45) is 7.93. The second-order valence-corrected chi connectivity index (χ2v) is 8.87. The number of hydrogen-bond acceptors (Lipinski definition) is 8. The highest BCUT2D eigenvalue weighted by atomic mass is 16.5. The number of nitrogens with one attached hydrogen (secondary N) is 2. The molecule has 1 aromatic carbocycles. The van der Waals surface area contributed by atoms with Crippen LogP contribution in [0.1, 0.15) is 12.8 Å². The quantitative estimate of drug-likeness (QED) is 0.453. The van der Waals surface area contributed by atoms with E-state index < -0.39 is 0 Å². The van der Waals surface area contributed by atoms with E-state index in [-0.39, 0.29) is 0 Å². The fourth-order valence-electron chi connectivity index (χ4n) is 4.64. The maximum absolute atomic E-state index is 5.67. The molecule has 1 atom stereocenters. The lowest BCUT2D eigenvalue weighted by atomic mass is 10.1. The second-order valence-electron chi connectivity index (χ2n) is 8.87. The summed E-state index contributed by atoms with van der Waals surface area (Å²) < 4.78 is 5.67. The van der Waals surface area contributed by atoms with Crippen molar-refractivity contribution in [1.82, 2.24) is 25.3 Å². The molecule has 3 aromatic heterocycles. The van der Waals surface area contributed by atoms with E-state index in [0.29, 0.717) is 17.6 Å². The van der Waals surface area contributed by atoms with Crippen molar-refractivity contribution in [3.8, 4) is 17.1 Å². The lowest BCUT2D eigenvalue weighted by Gasteiger charge is -2.35. The first-order valence-electron chi connectivity index (χ1n) is 11.7. The zero-order valence-corrected chi connectivity index (χ0v) is 19.1. The average molecular weight is 454 g/mol. The van der Waals surface area contributed by atoms with Crippen LogP contribution in [-0.2, 0) is 0 Å². The van der Waals surface area contributed by atoms with Crippen molar-refractivity contribution >= 4 is 28.2 Å². The number of piperazine rings is 1. The number of hydrogen-bond donors (Lipinski definition) is 2. The summed E-state index contributed by atoms with van der Waals surface area (Å²) in [5, 5.41) is 7.96. The molecule has 1 aliphatic heterocycles. The normalized spacial score (nSPS) is 18.1. The third-order valence-corrected chi connectivity index (χ3v) is 6.53. The van der Waals surface area contributed by atoms with E-state index in [1.807, 2.05) is 42.5 Å². The molecule has 4 aromatic rings. The second kappa shape index (κ2) is 8.87. The molecule has 2 N–H and O–H groups in total. The zero-order valence-electron chi connectivity index (χ0n) is 19.1. The molecule has 1 saturated carbocycles.